The molecule has 1 rings (SSSR count). The molecule has 0 fully saturated rings. The highest BCUT2D eigenvalue weighted by molar-refractivity contribution is 6.31. The fourth-order valence-corrected chi connectivity index (χ4v) is 1.67. The van der Waals surface area contributed by atoms with Gasteiger partial charge in [-0.1, -0.05) is 37.6 Å². The molecule has 1 N–H and O–H groups in total. The number of nitrogens with one attached hydrogen (secondary N) is 1. The third-order valence-corrected chi connectivity index (χ3v) is 2.69. The van der Waals surface area contributed by atoms with Crippen molar-refractivity contribution in [2.75, 3.05) is 6.54 Å². The third kappa shape index (κ3) is 3.29. The number of aldehydes is 1. The van der Waals surface area contributed by atoms with Crippen LogP contribution in [0.15, 0.2) is 18.2 Å². The Hall–Kier alpha value is -0.930. The lowest BCUT2D eigenvalue weighted by Crippen LogP contribution is -2.28. The van der Waals surface area contributed by atoms with Gasteiger partial charge in [-0.2, -0.15) is 0 Å². The molecule has 0 radical (unpaired) electrons. The van der Waals surface area contributed by atoms with Crippen molar-refractivity contribution in [2.24, 2.45) is 0 Å². The Balaban J connectivity index is 2.86. The maximum atomic E-state index is 13.2. The van der Waals surface area contributed by atoms with Crippen LogP contribution in [0.2, 0.25) is 5.02 Å². The van der Waals surface area contributed by atoms with Gasteiger partial charge in [-0.3, -0.25) is 0 Å². The van der Waals surface area contributed by atoms with Crippen molar-refractivity contribution in [2.45, 2.75) is 25.8 Å². The first kappa shape index (κ1) is 13.1. The quantitative estimate of drug-likeness (QED) is 0.806. The van der Waals surface area contributed by atoms with Crippen molar-refractivity contribution in [3.8, 4) is 0 Å². The first-order chi connectivity index (χ1) is 7.56. The minimum atomic E-state index is -0.490. The summed E-state index contributed by atoms with van der Waals surface area (Å²) in [7, 11) is 0. The molecule has 0 saturated heterocycles. The summed E-state index contributed by atoms with van der Waals surface area (Å²) < 4.78 is 13.2. The van der Waals surface area contributed by atoms with E-state index < -0.39 is 11.7 Å². The van der Waals surface area contributed by atoms with Crippen LogP contribution in [-0.2, 0) is 4.79 Å². The smallest absolute Gasteiger partial charge is 0.142 e. The van der Waals surface area contributed by atoms with Crippen LogP contribution in [0.25, 0.3) is 0 Å². The molecule has 1 aromatic rings. The van der Waals surface area contributed by atoms with Gasteiger partial charge in [0.25, 0.3) is 0 Å². The number of hydrogen-bond acceptors (Lipinski definition) is 2. The number of halogens is 2. The number of rotatable bonds is 5. The van der Waals surface area contributed by atoms with E-state index in [1.165, 1.54) is 6.07 Å². The van der Waals surface area contributed by atoms with Crippen molar-refractivity contribution >= 4 is 17.9 Å². The monoisotopic (exact) mass is 243 g/mol. The molecule has 0 aliphatic heterocycles. The first-order valence-electron chi connectivity index (χ1n) is 5.18. The molecular formula is C12H15ClFNO. The van der Waals surface area contributed by atoms with E-state index in [4.69, 9.17) is 11.6 Å². The minimum Gasteiger partial charge on any atom is -0.313 e. The Morgan fingerprint density at radius 1 is 1.50 bits per heavy atom. The molecule has 0 heterocycles. The first-order valence-corrected chi connectivity index (χ1v) is 5.56. The fourth-order valence-electron chi connectivity index (χ4n) is 1.40. The summed E-state index contributed by atoms with van der Waals surface area (Å²) in [5.74, 6) is -0.902. The SMILES string of the molecule is CC(C)NCC(C=O)c1cccc(F)c1Cl. The Kier molecular flexibility index (Phi) is 4.90. The second-order valence-corrected chi connectivity index (χ2v) is 4.33. The topological polar surface area (TPSA) is 29.1 Å². The molecule has 1 atom stereocenters. The van der Waals surface area contributed by atoms with Gasteiger partial charge in [0.2, 0.25) is 0 Å². The molecule has 0 saturated carbocycles. The van der Waals surface area contributed by atoms with Gasteiger partial charge in [-0.25, -0.2) is 4.39 Å². The molecule has 2 nitrogen and oxygen atoms in total. The van der Waals surface area contributed by atoms with Crippen LogP contribution in [0, 0.1) is 5.82 Å². The Morgan fingerprint density at radius 2 is 2.19 bits per heavy atom. The van der Waals surface area contributed by atoms with Crippen LogP contribution >= 0.6 is 11.6 Å². The Labute approximate surface area is 99.8 Å². The van der Waals surface area contributed by atoms with E-state index in [0.29, 0.717) is 12.1 Å². The lowest BCUT2D eigenvalue weighted by molar-refractivity contribution is -0.109. The van der Waals surface area contributed by atoms with Crippen molar-refractivity contribution in [1.29, 1.82) is 0 Å². The summed E-state index contributed by atoms with van der Waals surface area (Å²) in [5.41, 5.74) is 0.532. The molecule has 0 aliphatic carbocycles. The van der Waals surface area contributed by atoms with Crippen molar-refractivity contribution in [1.82, 2.24) is 5.32 Å². The number of carbonyl (C=O) groups is 1. The lowest BCUT2D eigenvalue weighted by Gasteiger charge is -2.15. The molecule has 0 spiro atoms. The van der Waals surface area contributed by atoms with Gasteiger partial charge in [0.05, 0.1) is 10.9 Å². The second-order valence-electron chi connectivity index (χ2n) is 3.95. The van der Waals surface area contributed by atoms with Gasteiger partial charge < -0.3 is 10.1 Å². The highest BCUT2D eigenvalue weighted by atomic mass is 35.5. The Bertz CT molecular complexity index is 368. The predicted molar refractivity (Wildman–Crippen MR) is 63.4 cm³/mol. The summed E-state index contributed by atoms with van der Waals surface area (Å²) in [6.07, 6.45) is 0.788. The minimum absolute atomic E-state index is 0.0326. The standard InChI is InChI=1S/C12H15ClFNO/c1-8(2)15-6-9(7-16)10-4-3-5-11(14)12(10)13/h3-5,7-9,15H,6H2,1-2H3. The normalized spacial score (nSPS) is 12.8. The van der Waals surface area contributed by atoms with Gasteiger partial charge in [0.15, 0.2) is 0 Å². The van der Waals surface area contributed by atoms with Crippen LogP contribution in [0.4, 0.5) is 4.39 Å². The van der Waals surface area contributed by atoms with Crippen molar-refractivity contribution in [3.05, 3.63) is 34.6 Å². The summed E-state index contributed by atoms with van der Waals surface area (Å²) in [5, 5.41) is 3.16. The van der Waals surface area contributed by atoms with Crippen LogP contribution in [0.5, 0.6) is 0 Å². The van der Waals surface area contributed by atoms with Crippen LogP contribution in [0.3, 0.4) is 0 Å². The van der Waals surface area contributed by atoms with E-state index >= 15 is 0 Å². The van der Waals surface area contributed by atoms with E-state index in [2.05, 4.69) is 5.32 Å². The van der Waals surface area contributed by atoms with E-state index in [1.54, 1.807) is 12.1 Å². The molecule has 0 aliphatic rings. The summed E-state index contributed by atoms with van der Waals surface area (Å²) >= 11 is 5.82. The van der Waals surface area contributed by atoms with Gasteiger partial charge in [0, 0.05) is 12.6 Å². The third-order valence-electron chi connectivity index (χ3n) is 2.29. The zero-order valence-corrected chi connectivity index (χ0v) is 10.1. The van der Waals surface area contributed by atoms with Crippen molar-refractivity contribution < 1.29 is 9.18 Å². The van der Waals surface area contributed by atoms with Gasteiger partial charge in [0.1, 0.15) is 12.1 Å². The average Bonchev–Trinajstić information content (AvgIpc) is 2.24. The number of carbonyl (C=O) groups excluding carboxylic acids is 1. The molecule has 0 bridgehead atoms. The van der Waals surface area contributed by atoms with Crippen LogP contribution in [0.1, 0.15) is 25.3 Å². The maximum absolute atomic E-state index is 13.2. The predicted octanol–water partition coefficient (Wildman–Crippen LogP) is 2.76. The molecule has 16 heavy (non-hydrogen) atoms. The largest absolute Gasteiger partial charge is 0.313 e. The highest BCUT2D eigenvalue weighted by Gasteiger charge is 2.16. The molecule has 1 unspecified atom stereocenters. The van der Waals surface area contributed by atoms with Gasteiger partial charge in [-0.05, 0) is 11.6 Å². The molecule has 4 heteroatoms. The van der Waals surface area contributed by atoms with Crippen LogP contribution in [-0.4, -0.2) is 18.9 Å². The number of hydrogen-bond donors (Lipinski definition) is 1. The molecule has 88 valence electrons. The maximum Gasteiger partial charge on any atom is 0.142 e. The zero-order chi connectivity index (χ0) is 12.1. The highest BCUT2D eigenvalue weighted by Crippen LogP contribution is 2.25. The molecule has 1 aromatic carbocycles. The van der Waals surface area contributed by atoms with E-state index in [-0.39, 0.29) is 11.1 Å². The molecule has 0 aromatic heterocycles. The second kappa shape index (κ2) is 5.97. The average molecular weight is 244 g/mol. The summed E-state index contributed by atoms with van der Waals surface area (Å²) in [6.45, 7) is 4.43. The van der Waals surface area contributed by atoms with Crippen molar-refractivity contribution in [3.63, 3.8) is 0 Å². The number of benzene rings is 1. The van der Waals surface area contributed by atoms with E-state index in [0.717, 1.165) is 6.29 Å². The van der Waals surface area contributed by atoms with E-state index in [9.17, 15) is 9.18 Å². The molecular weight excluding hydrogens is 229 g/mol. The molecule has 0 amide bonds. The summed E-state index contributed by atoms with van der Waals surface area (Å²) in [4.78, 5) is 11.0. The lowest BCUT2D eigenvalue weighted by atomic mass is 10.00. The Morgan fingerprint density at radius 3 is 2.75 bits per heavy atom. The fraction of sp³-hybridized carbons (Fsp3) is 0.417. The van der Waals surface area contributed by atoms with Gasteiger partial charge >= 0.3 is 0 Å². The van der Waals surface area contributed by atoms with Gasteiger partial charge in [-0.15, -0.1) is 0 Å². The van der Waals surface area contributed by atoms with E-state index in [1.807, 2.05) is 13.8 Å². The summed E-state index contributed by atoms with van der Waals surface area (Å²) in [6, 6.07) is 4.79. The zero-order valence-electron chi connectivity index (χ0n) is 9.34. The van der Waals surface area contributed by atoms with Crippen LogP contribution < -0.4 is 5.32 Å².